The van der Waals surface area contributed by atoms with Gasteiger partial charge in [-0.3, -0.25) is 10.8 Å². The van der Waals surface area contributed by atoms with Crippen LogP contribution < -0.4 is 5.49 Å². The Hall–Kier alpha value is -2.35. The molecule has 0 bridgehead atoms. The second-order valence-electron chi connectivity index (χ2n) is 4.08. The van der Waals surface area contributed by atoms with E-state index in [1.807, 2.05) is 13.0 Å². The van der Waals surface area contributed by atoms with Gasteiger partial charge in [0.2, 0.25) is 0 Å². The zero-order valence-corrected chi connectivity index (χ0v) is 10.0. The number of rotatable bonds is 0. The van der Waals surface area contributed by atoms with Gasteiger partial charge in [-0.25, -0.2) is 0 Å². The van der Waals surface area contributed by atoms with Crippen molar-refractivity contribution in [2.45, 2.75) is 6.92 Å². The normalized spacial score (nSPS) is 13.9. The predicted molar refractivity (Wildman–Crippen MR) is 64.3 cm³/mol. The minimum Gasteiger partial charge on any atom is -0.332 e. The number of hydrogen-bond donors (Lipinski definition) is 2. The van der Waals surface area contributed by atoms with Gasteiger partial charge in [0.1, 0.15) is 23.0 Å². The van der Waals surface area contributed by atoms with Crippen molar-refractivity contribution in [2.24, 2.45) is 7.05 Å². The third kappa shape index (κ3) is 1.18. The van der Waals surface area contributed by atoms with Gasteiger partial charge < -0.3 is 9.47 Å². The zero-order valence-electron chi connectivity index (χ0n) is 10.0. The van der Waals surface area contributed by atoms with Crippen LogP contribution in [0.1, 0.15) is 22.4 Å². The van der Waals surface area contributed by atoms with Crippen molar-refractivity contribution in [3.05, 3.63) is 34.5 Å². The van der Waals surface area contributed by atoms with Crippen molar-refractivity contribution in [3.63, 3.8) is 0 Å². The molecule has 0 amide bonds. The molecule has 0 saturated heterocycles. The molecule has 2 N–H and O–H groups in total. The fourth-order valence-corrected chi connectivity index (χ4v) is 2.10. The molecule has 0 radical (unpaired) electrons. The van der Waals surface area contributed by atoms with Gasteiger partial charge in [0.25, 0.3) is 0 Å². The molecule has 0 spiro atoms. The van der Waals surface area contributed by atoms with Crippen LogP contribution in [0.2, 0.25) is 0 Å². The summed E-state index contributed by atoms with van der Waals surface area (Å²) in [6.45, 7) is 5.81. The zero-order chi connectivity index (χ0) is 12.9. The topological polar surface area (TPSA) is 79.7 Å². The highest BCUT2D eigenvalue weighted by Crippen LogP contribution is 2.32. The van der Waals surface area contributed by atoms with E-state index in [0.29, 0.717) is 11.3 Å². The maximum atomic E-state index is 9.16. The van der Waals surface area contributed by atoms with Crippen molar-refractivity contribution >= 4 is 11.5 Å². The van der Waals surface area contributed by atoms with E-state index in [4.69, 9.17) is 16.1 Å². The van der Waals surface area contributed by atoms with E-state index >= 15 is 0 Å². The molecule has 17 heavy (non-hydrogen) atoms. The van der Waals surface area contributed by atoms with Crippen molar-refractivity contribution in [1.82, 2.24) is 9.47 Å². The van der Waals surface area contributed by atoms with Crippen molar-refractivity contribution in [2.75, 3.05) is 7.05 Å². The van der Waals surface area contributed by atoms with E-state index in [2.05, 4.69) is 6.58 Å². The highest BCUT2D eigenvalue weighted by atomic mass is 15.2. The van der Waals surface area contributed by atoms with Crippen molar-refractivity contribution in [1.29, 1.82) is 16.1 Å². The van der Waals surface area contributed by atoms with Crippen LogP contribution in [0, 0.1) is 29.1 Å². The minimum atomic E-state index is 0.136. The first kappa shape index (κ1) is 11.1. The molecule has 1 aromatic heterocycles. The van der Waals surface area contributed by atoms with Gasteiger partial charge >= 0.3 is 0 Å². The van der Waals surface area contributed by atoms with Gasteiger partial charge in [0.15, 0.2) is 0 Å². The molecule has 0 unspecified atom stereocenters. The first-order chi connectivity index (χ1) is 7.91. The number of nitrogens with zero attached hydrogens (tertiary/aromatic N) is 3. The molecule has 0 atom stereocenters. The average Bonchev–Trinajstić information content (AvgIpc) is 2.53. The van der Waals surface area contributed by atoms with Crippen molar-refractivity contribution in [3.8, 4) is 6.07 Å². The number of nitriles is 1. The lowest BCUT2D eigenvalue weighted by Gasteiger charge is -2.12. The first-order valence-electron chi connectivity index (χ1n) is 5.12. The van der Waals surface area contributed by atoms with E-state index in [-0.39, 0.29) is 16.9 Å². The third-order valence-corrected chi connectivity index (χ3v) is 3.31. The Bertz CT molecular complexity index is 657. The maximum absolute atomic E-state index is 9.16. The minimum absolute atomic E-state index is 0.136. The lowest BCUT2D eigenvalue weighted by atomic mass is 10.0. The largest absolute Gasteiger partial charge is 0.332 e. The highest BCUT2D eigenvalue weighted by Gasteiger charge is 2.31. The summed E-state index contributed by atoms with van der Waals surface area (Å²) in [5, 5.41) is 25.1. The molecule has 1 aliphatic rings. The molecule has 5 nitrogen and oxygen atoms in total. The number of fused-ring (bicyclic) bond motifs is 1. The monoisotopic (exact) mass is 227 g/mol. The van der Waals surface area contributed by atoms with E-state index < -0.39 is 0 Å². The van der Waals surface area contributed by atoms with Gasteiger partial charge in [-0.2, -0.15) is 5.26 Å². The van der Waals surface area contributed by atoms with Gasteiger partial charge in [0.05, 0.1) is 0 Å². The summed E-state index contributed by atoms with van der Waals surface area (Å²) in [6, 6.07) is 2.02. The van der Waals surface area contributed by atoms with Crippen LogP contribution in [0.4, 0.5) is 0 Å². The molecule has 1 aromatic rings. The summed E-state index contributed by atoms with van der Waals surface area (Å²) in [5.74, 6) is 0.235. The Balaban J connectivity index is 3.03. The Labute approximate surface area is 99.2 Å². The van der Waals surface area contributed by atoms with E-state index in [1.165, 1.54) is 0 Å². The number of aromatic nitrogens is 1. The van der Waals surface area contributed by atoms with E-state index in [9.17, 15) is 0 Å². The Morgan fingerprint density at radius 1 is 1.24 bits per heavy atom. The third-order valence-electron chi connectivity index (χ3n) is 3.31. The summed E-state index contributed by atoms with van der Waals surface area (Å²) in [6.07, 6.45) is 0. The number of amidine groups is 1. The molecule has 5 heteroatoms. The number of nitrogens with one attached hydrogen (secondary N) is 2. The van der Waals surface area contributed by atoms with Crippen LogP contribution in [-0.4, -0.2) is 22.4 Å². The average molecular weight is 227 g/mol. The van der Waals surface area contributed by atoms with Gasteiger partial charge in [-0.15, -0.1) is 0 Å². The second-order valence-corrected chi connectivity index (χ2v) is 4.08. The van der Waals surface area contributed by atoms with Crippen LogP contribution in [0.15, 0.2) is 6.58 Å². The Morgan fingerprint density at radius 2 is 1.82 bits per heavy atom. The van der Waals surface area contributed by atoms with Gasteiger partial charge in [-0.05, 0) is 6.92 Å². The first-order valence-corrected chi connectivity index (χ1v) is 5.12. The molecule has 2 heterocycles. The fourth-order valence-electron chi connectivity index (χ4n) is 2.10. The maximum Gasteiger partial charge on any atom is 0.143 e. The SMILES string of the molecule is C=C1c2c(c(C#N)c(=N)n(C)c2C)C(=N)N1C. The number of pyridine rings is 1. The lowest BCUT2D eigenvalue weighted by molar-refractivity contribution is 0.731. The van der Waals surface area contributed by atoms with Crippen LogP contribution in [0.25, 0.3) is 5.70 Å². The number of hydrogen-bond acceptors (Lipinski definition) is 3. The smallest absolute Gasteiger partial charge is 0.143 e. The van der Waals surface area contributed by atoms with Gasteiger partial charge in [0, 0.05) is 36.6 Å². The molecule has 0 saturated carbocycles. The van der Waals surface area contributed by atoms with E-state index in [0.717, 1.165) is 11.3 Å². The van der Waals surface area contributed by atoms with Crippen LogP contribution in [0.3, 0.4) is 0 Å². The molecule has 0 fully saturated rings. The molecule has 2 rings (SSSR count). The quantitative estimate of drug-likeness (QED) is 0.691. The molecular formula is C12H13N5. The molecule has 0 aliphatic carbocycles. The molecule has 1 aliphatic heterocycles. The predicted octanol–water partition coefficient (Wildman–Crippen LogP) is 0.926. The summed E-state index contributed by atoms with van der Waals surface area (Å²) >= 11 is 0. The second kappa shape index (κ2) is 3.32. The summed E-state index contributed by atoms with van der Waals surface area (Å²) < 4.78 is 1.65. The van der Waals surface area contributed by atoms with Gasteiger partial charge in [-0.1, -0.05) is 6.58 Å². The fraction of sp³-hybridized carbons (Fsp3) is 0.250. The van der Waals surface area contributed by atoms with E-state index in [1.54, 1.807) is 23.6 Å². The van der Waals surface area contributed by atoms with Crippen LogP contribution in [-0.2, 0) is 7.05 Å². The van der Waals surface area contributed by atoms with Crippen molar-refractivity contribution < 1.29 is 0 Å². The standard InChI is InChI=1S/C12H13N5/c1-6-9-7(2)17(4)12(15)10(9)8(5-13)11(14)16(6)3/h14-15H,2H2,1,3-4H3. The molecule has 86 valence electrons. The molecular weight excluding hydrogens is 214 g/mol. The highest BCUT2D eigenvalue weighted by molar-refractivity contribution is 6.11. The summed E-state index contributed by atoms with van der Waals surface area (Å²) in [7, 11) is 3.49. The lowest BCUT2D eigenvalue weighted by Crippen LogP contribution is -2.26. The van der Waals surface area contributed by atoms with Crippen LogP contribution >= 0.6 is 0 Å². The summed E-state index contributed by atoms with van der Waals surface area (Å²) in [5.41, 5.74) is 3.26. The summed E-state index contributed by atoms with van der Waals surface area (Å²) in [4.78, 5) is 1.64. The Kier molecular flexibility index (Phi) is 2.18. The van der Waals surface area contributed by atoms with Crippen LogP contribution in [0.5, 0.6) is 0 Å². The molecule has 0 aromatic carbocycles. The Morgan fingerprint density at radius 3 is 2.35 bits per heavy atom.